The van der Waals surface area contributed by atoms with Crippen LogP contribution in [0.3, 0.4) is 0 Å². The average Bonchev–Trinajstić information content (AvgIpc) is 3.06. The van der Waals surface area contributed by atoms with Crippen LogP contribution in [0.5, 0.6) is 0 Å². The Morgan fingerprint density at radius 2 is 1.76 bits per heavy atom. The number of anilines is 1. The van der Waals surface area contributed by atoms with Crippen molar-refractivity contribution in [1.82, 2.24) is 10.3 Å². The van der Waals surface area contributed by atoms with Gasteiger partial charge in [-0.1, -0.05) is 24.3 Å². The first-order chi connectivity index (χ1) is 12.2. The zero-order chi connectivity index (χ0) is 17.2. The first-order valence-electron chi connectivity index (χ1n) is 7.95. The molecule has 3 aromatic rings. The molecule has 2 amide bonds. The van der Waals surface area contributed by atoms with Gasteiger partial charge in [0.25, 0.3) is 11.8 Å². The molecule has 4 rings (SSSR count). The summed E-state index contributed by atoms with van der Waals surface area (Å²) < 4.78 is 0. The van der Waals surface area contributed by atoms with E-state index >= 15 is 0 Å². The van der Waals surface area contributed by atoms with Gasteiger partial charge in [0, 0.05) is 24.5 Å². The number of aromatic nitrogens is 1. The molecule has 0 atom stereocenters. The van der Waals surface area contributed by atoms with Crippen molar-refractivity contribution in [2.75, 3.05) is 5.32 Å². The van der Waals surface area contributed by atoms with E-state index in [9.17, 15) is 9.59 Å². The third kappa shape index (κ3) is 2.76. The molecule has 1 aliphatic rings. The van der Waals surface area contributed by atoms with Crippen molar-refractivity contribution in [3.63, 3.8) is 0 Å². The van der Waals surface area contributed by atoms with Crippen molar-refractivity contribution in [3.8, 4) is 11.1 Å². The number of fused-ring (bicyclic) bond motifs is 1. The number of benzene rings is 2. The summed E-state index contributed by atoms with van der Waals surface area (Å²) in [6, 6.07) is 16.4. The average molecular weight is 329 g/mol. The minimum absolute atomic E-state index is 0.172. The normalized spacial score (nSPS) is 12.4. The van der Waals surface area contributed by atoms with Gasteiger partial charge in [-0.3, -0.25) is 14.6 Å². The van der Waals surface area contributed by atoms with Crippen LogP contribution in [0.25, 0.3) is 11.1 Å². The number of pyridine rings is 1. The first-order valence-corrected chi connectivity index (χ1v) is 7.95. The van der Waals surface area contributed by atoms with Crippen LogP contribution in [0, 0.1) is 0 Å². The van der Waals surface area contributed by atoms with Crippen molar-refractivity contribution in [3.05, 3.63) is 83.7 Å². The van der Waals surface area contributed by atoms with Crippen LogP contribution in [0.4, 0.5) is 5.69 Å². The predicted molar refractivity (Wildman–Crippen MR) is 95.2 cm³/mol. The van der Waals surface area contributed by atoms with Crippen LogP contribution in [0.2, 0.25) is 0 Å². The van der Waals surface area contributed by atoms with Crippen molar-refractivity contribution in [1.29, 1.82) is 0 Å². The summed E-state index contributed by atoms with van der Waals surface area (Å²) in [4.78, 5) is 28.8. The highest BCUT2D eigenvalue weighted by molar-refractivity contribution is 6.11. The zero-order valence-electron chi connectivity index (χ0n) is 13.3. The highest BCUT2D eigenvalue weighted by Gasteiger charge is 2.26. The van der Waals surface area contributed by atoms with Gasteiger partial charge in [0.15, 0.2) is 0 Å². The molecular weight excluding hydrogens is 314 g/mol. The Morgan fingerprint density at radius 1 is 1.00 bits per heavy atom. The Balaban J connectivity index is 1.74. The molecule has 0 spiro atoms. The minimum atomic E-state index is -0.237. The minimum Gasteiger partial charge on any atom is -0.348 e. The number of carbonyl (C=O) groups is 2. The summed E-state index contributed by atoms with van der Waals surface area (Å²) in [5, 5.41) is 5.70. The molecule has 0 bridgehead atoms. The summed E-state index contributed by atoms with van der Waals surface area (Å²) in [7, 11) is 0. The Labute approximate surface area is 144 Å². The van der Waals surface area contributed by atoms with Crippen molar-refractivity contribution in [2.45, 2.75) is 6.54 Å². The second-order valence-corrected chi connectivity index (χ2v) is 5.75. The number of nitrogens with one attached hydrogen (secondary N) is 2. The number of amides is 2. The standard InChI is InChI=1S/C20H15N3O2/c24-19(14-4-2-1-3-5-14)23-17-7-6-15(13-8-10-21-11-9-13)16-12-22-20(25)18(16)17/h1-11H,12H2,(H,22,25)(H,23,24). The van der Waals surface area contributed by atoms with Crippen LogP contribution in [0.15, 0.2) is 67.0 Å². The molecule has 0 saturated heterocycles. The summed E-state index contributed by atoms with van der Waals surface area (Å²) >= 11 is 0. The molecule has 122 valence electrons. The molecule has 2 N–H and O–H groups in total. The number of rotatable bonds is 3. The third-order valence-corrected chi connectivity index (χ3v) is 4.24. The molecule has 1 aliphatic heterocycles. The van der Waals surface area contributed by atoms with Gasteiger partial charge in [-0.15, -0.1) is 0 Å². The van der Waals surface area contributed by atoms with E-state index in [1.807, 2.05) is 24.3 Å². The van der Waals surface area contributed by atoms with Crippen LogP contribution in [-0.4, -0.2) is 16.8 Å². The lowest BCUT2D eigenvalue weighted by Gasteiger charge is -2.12. The van der Waals surface area contributed by atoms with E-state index in [0.717, 1.165) is 16.7 Å². The van der Waals surface area contributed by atoms with Gasteiger partial charge in [0.2, 0.25) is 0 Å². The van der Waals surface area contributed by atoms with E-state index in [-0.39, 0.29) is 11.8 Å². The van der Waals surface area contributed by atoms with Crippen LogP contribution in [0.1, 0.15) is 26.3 Å². The van der Waals surface area contributed by atoms with E-state index in [0.29, 0.717) is 23.4 Å². The number of carbonyl (C=O) groups excluding carboxylic acids is 2. The Bertz CT molecular complexity index is 953. The molecule has 1 aromatic heterocycles. The molecule has 0 unspecified atom stereocenters. The number of hydrogen-bond donors (Lipinski definition) is 2. The summed E-state index contributed by atoms with van der Waals surface area (Å²) in [6.45, 7) is 0.445. The highest BCUT2D eigenvalue weighted by Crippen LogP contribution is 2.33. The van der Waals surface area contributed by atoms with Gasteiger partial charge >= 0.3 is 0 Å². The van der Waals surface area contributed by atoms with Crippen LogP contribution in [-0.2, 0) is 6.54 Å². The maximum absolute atomic E-state index is 12.4. The van der Waals surface area contributed by atoms with Gasteiger partial charge < -0.3 is 10.6 Å². The lowest BCUT2D eigenvalue weighted by molar-refractivity contribution is 0.0966. The molecular formula is C20H15N3O2. The fraction of sp³-hybridized carbons (Fsp3) is 0.0500. The molecule has 2 heterocycles. The largest absolute Gasteiger partial charge is 0.348 e. The molecule has 0 fully saturated rings. The molecule has 0 aliphatic carbocycles. The Morgan fingerprint density at radius 3 is 2.52 bits per heavy atom. The topological polar surface area (TPSA) is 71.1 Å². The second kappa shape index (κ2) is 6.20. The molecule has 0 saturated carbocycles. The SMILES string of the molecule is O=C(Nc1ccc(-c2ccncc2)c2c1C(=O)NC2)c1ccccc1. The summed E-state index contributed by atoms with van der Waals surface area (Å²) in [6.07, 6.45) is 3.44. The molecule has 0 radical (unpaired) electrons. The van der Waals surface area contributed by atoms with Crippen molar-refractivity contribution >= 4 is 17.5 Å². The lowest BCUT2D eigenvalue weighted by Crippen LogP contribution is -2.17. The van der Waals surface area contributed by atoms with Crippen LogP contribution < -0.4 is 10.6 Å². The van der Waals surface area contributed by atoms with E-state index in [2.05, 4.69) is 15.6 Å². The molecule has 25 heavy (non-hydrogen) atoms. The first kappa shape index (κ1) is 15.1. The summed E-state index contributed by atoms with van der Waals surface area (Å²) in [5.74, 6) is -0.409. The van der Waals surface area contributed by atoms with E-state index in [4.69, 9.17) is 0 Å². The third-order valence-electron chi connectivity index (χ3n) is 4.24. The van der Waals surface area contributed by atoms with Gasteiger partial charge in [-0.25, -0.2) is 0 Å². The van der Waals surface area contributed by atoms with Gasteiger partial charge in [0.1, 0.15) is 0 Å². The fourth-order valence-corrected chi connectivity index (χ4v) is 3.04. The van der Waals surface area contributed by atoms with E-state index in [1.165, 1.54) is 0 Å². The second-order valence-electron chi connectivity index (χ2n) is 5.75. The quantitative estimate of drug-likeness (QED) is 0.775. The Kier molecular flexibility index (Phi) is 3.74. The predicted octanol–water partition coefficient (Wildman–Crippen LogP) is 3.24. The smallest absolute Gasteiger partial charge is 0.255 e. The maximum Gasteiger partial charge on any atom is 0.255 e. The number of nitrogens with zero attached hydrogens (tertiary/aromatic N) is 1. The van der Waals surface area contributed by atoms with E-state index in [1.54, 1.807) is 42.7 Å². The van der Waals surface area contributed by atoms with Gasteiger partial charge in [-0.05, 0) is 47.0 Å². The highest BCUT2D eigenvalue weighted by atomic mass is 16.2. The summed E-state index contributed by atoms with van der Waals surface area (Å²) in [5.41, 5.74) is 4.45. The zero-order valence-corrected chi connectivity index (χ0v) is 13.3. The molecule has 2 aromatic carbocycles. The fourth-order valence-electron chi connectivity index (χ4n) is 3.04. The van der Waals surface area contributed by atoms with E-state index < -0.39 is 0 Å². The van der Waals surface area contributed by atoms with Gasteiger partial charge in [-0.2, -0.15) is 0 Å². The van der Waals surface area contributed by atoms with Gasteiger partial charge in [0.05, 0.1) is 11.3 Å². The maximum atomic E-state index is 12.4. The Hall–Kier alpha value is -3.47. The monoisotopic (exact) mass is 329 g/mol. The van der Waals surface area contributed by atoms with Crippen molar-refractivity contribution < 1.29 is 9.59 Å². The number of hydrogen-bond acceptors (Lipinski definition) is 3. The van der Waals surface area contributed by atoms with Crippen LogP contribution >= 0.6 is 0 Å². The molecule has 5 heteroatoms. The molecule has 5 nitrogen and oxygen atoms in total. The lowest BCUT2D eigenvalue weighted by atomic mass is 9.96. The van der Waals surface area contributed by atoms with Crippen molar-refractivity contribution in [2.24, 2.45) is 0 Å².